The second-order valence-electron chi connectivity index (χ2n) is 5.50. The lowest BCUT2D eigenvalue weighted by molar-refractivity contribution is 0.463. The van der Waals surface area contributed by atoms with Crippen molar-refractivity contribution in [1.29, 1.82) is 5.26 Å². The molecule has 1 aromatic heterocycles. The van der Waals surface area contributed by atoms with E-state index in [9.17, 15) is 12.8 Å². The van der Waals surface area contributed by atoms with Crippen LogP contribution in [0, 0.1) is 17.1 Å². The number of halogens is 1. The average molecular weight is 383 g/mol. The van der Waals surface area contributed by atoms with Crippen LogP contribution in [-0.2, 0) is 10.0 Å². The van der Waals surface area contributed by atoms with Gasteiger partial charge < -0.3 is 4.74 Å². The highest BCUT2D eigenvalue weighted by molar-refractivity contribution is 7.92. The van der Waals surface area contributed by atoms with E-state index in [2.05, 4.69) is 4.98 Å². The van der Waals surface area contributed by atoms with Gasteiger partial charge in [0, 0.05) is 19.3 Å². The maximum absolute atomic E-state index is 13.9. The Morgan fingerprint density at radius 1 is 1.07 bits per heavy atom. The Hall–Kier alpha value is -3.44. The van der Waals surface area contributed by atoms with Crippen LogP contribution in [0.5, 0.6) is 11.6 Å². The molecule has 6 nitrogen and oxygen atoms in total. The van der Waals surface area contributed by atoms with Crippen LogP contribution in [0.15, 0.2) is 71.8 Å². The highest BCUT2D eigenvalue weighted by Gasteiger charge is 2.24. The van der Waals surface area contributed by atoms with Crippen molar-refractivity contribution >= 4 is 15.7 Å². The largest absolute Gasteiger partial charge is 0.439 e. The number of anilines is 1. The molecule has 8 heteroatoms. The molecule has 3 aromatic rings. The lowest BCUT2D eigenvalue weighted by atomic mass is 10.3. The minimum atomic E-state index is -4.03. The van der Waals surface area contributed by atoms with E-state index < -0.39 is 20.7 Å². The first-order chi connectivity index (χ1) is 12.9. The number of nitrogens with zero attached hydrogens (tertiary/aromatic N) is 3. The molecular formula is C19H14FN3O3S. The van der Waals surface area contributed by atoms with E-state index >= 15 is 0 Å². The monoisotopic (exact) mass is 383 g/mol. The van der Waals surface area contributed by atoms with Gasteiger partial charge in [0.15, 0.2) is 0 Å². The van der Waals surface area contributed by atoms with Gasteiger partial charge in [0.05, 0.1) is 11.3 Å². The van der Waals surface area contributed by atoms with Gasteiger partial charge >= 0.3 is 0 Å². The fourth-order valence-electron chi connectivity index (χ4n) is 2.29. The average Bonchev–Trinajstić information content (AvgIpc) is 2.69. The number of pyridine rings is 1. The van der Waals surface area contributed by atoms with E-state index in [-0.39, 0.29) is 0 Å². The van der Waals surface area contributed by atoms with Crippen molar-refractivity contribution in [1.82, 2.24) is 4.98 Å². The third-order valence-electron chi connectivity index (χ3n) is 3.76. The molecule has 0 aliphatic heterocycles. The fourth-order valence-corrected chi connectivity index (χ4v) is 3.55. The summed E-state index contributed by atoms with van der Waals surface area (Å²) in [7, 11) is -2.68. The number of hydrogen-bond acceptors (Lipinski definition) is 5. The Morgan fingerprint density at radius 2 is 1.78 bits per heavy atom. The van der Waals surface area contributed by atoms with Gasteiger partial charge in [-0.15, -0.1) is 0 Å². The summed E-state index contributed by atoms with van der Waals surface area (Å²) in [4.78, 5) is 3.60. The zero-order valence-electron chi connectivity index (χ0n) is 14.2. The van der Waals surface area contributed by atoms with Gasteiger partial charge in [0.2, 0.25) is 5.88 Å². The standard InChI is InChI=1S/C19H14FN3O3S/c1-23(27(24,25)18-5-3-2-4-17(18)20)15-7-9-16(10-8-15)26-19-11-6-14(12-21)13-22-19/h2-11,13H,1H3. The zero-order chi connectivity index (χ0) is 19.4. The van der Waals surface area contributed by atoms with Gasteiger partial charge in [-0.25, -0.2) is 17.8 Å². The van der Waals surface area contributed by atoms with Crippen molar-refractivity contribution in [2.75, 3.05) is 11.4 Å². The molecular weight excluding hydrogens is 369 g/mol. The van der Waals surface area contributed by atoms with Crippen molar-refractivity contribution in [2.24, 2.45) is 0 Å². The number of aromatic nitrogens is 1. The van der Waals surface area contributed by atoms with E-state index in [1.54, 1.807) is 24.3 Å². The van der Waals surface area contributed by atoms with E-state index in [4.69, 9.17) is 10.00 Å². The second kappa shape index (κ2) is 7.43. The van der Waals surface area contributed by atoms with Crippen LogP contribution in [0.3, 0.4) is 0 Å². The molecule has 1 heterocycles. The first kappa shape index (κ1) is 18.4. The van der Waals surface area contributed by atoms with Crippen LogP contribution < -0.4 is 9.04 Å². The van der Waals surface area contributed by atoms with E-state index in [1.807, 2.05) is 6.07 Å². The predicted octanol–water partition coefficient (Wildman–Crippen LogP) is 3.71. The van der Waals surface area contributed by atoms with Gasteiger partial charge in [-0.3, -0.25) is 4.31 Å². The molecule has 0 spiro atoms. The topological polar surface area (TPSA) is 83.3 Å². The van der Waals surface area contributed by atoms with Crippen molar-refractivity contribution in [3.05, 3.63) is 78.2 Å². The van der Waals surface area contributed by atoms with E-state index in [0.29, 0.717) is 22.9 Å². The summed E-state index contributed by atoms with van der Waals surface area (Å²) in [5, 5.41) is 8.76. The van der Waals surface area contributed by atoms with Crippen LogP contribution in [0.2, 0.25) is 0 Å². The summed E-state index contributed by atoms with van der Waals surface area (Å²) in [5.41, 5.74) is 0.760. The van der Waals surface area contributed by atoms with E-state index in [0.717, 1.165) is 10.4 Å². The number of hydrogen-bond donors (Lipinski definition) is 0. The van der Waals surface area contributed by atoms with Gasteiger partial charge in [-0.05, 0) is 42.5 Å². The minimum Gasteiger partial charge on any atom is -0.439 e. The molecule has 0 fully saturated rings. The van der Waals surface area contributed by atoms with Gasteiger partial charge in [0.25, 0.3) is 10.0 Å². The van der Waals surface area contributed by atoms with Crippen molar-refractivity contribution in [2.45, 2.75) is 4.90 Å². The quantitative estimate of drug-likeness (QED) is 0.671. The zero-order valence-corrected chi connectivity index (χ0v) is 15.0. The number of rotatable bonds is 5. The van der Waals surface area contributed by atoms with E-state index in [1.165, 1.54) is 43.6 Å². The molecule has 0 aliphatic carbocycles. The molecule has 2 aromatic carbocycles. The van der Waals surface area contributed by atoms with Crippen LogP contribution >= 0.6 is 0 Å². The number of nitriles is 1. The highest BCUT2D eigenvalue weighted by atomic mass is 32.2. The smallest absolute Gasteiger partial charge is 0.266 e. The number of sulfonamides is 1. The third-order valence-corrected chi connectivity index (χ3v) is 5.58. The fraction of sp³-hybridized carbons (Fsp3) is 0.0526. The number of benzene rings is 2. The van der Waals surface area contributed by atoms with Gasteiger partial charge in [-0.2, -0.15) is 5.26 Å². The molecule has 0 saturated heterocycles. The third kappa shape index (κ3) is 3.88. The molecule has 0 atom stereocenters. The lowest BCUT2D eigenvalue weighted by Crippen LogP contribution is -2.27. The summed E-state index contributed by atoms with van der Waals surface area (Å²) in [6.45, 7) is 0. The van der Waals surface area contributed by atoms with Crippen LogP contribution in [0.25, 0.3) is 0 Å². The Balaban J connectivity index is 1.80. The molecule has 0 bridgehead atoms. The number of ether oxygens (including phenoxy) is 1. The first-order valence-corrected chi connectivity index (χ1v) is 9.23. The van der Waals surface area contributed by atoms with Crippen LogP contribution in [0.4, 0.5) is 10.1 Å². The summed E-state index contributed by atoms with van der Waals surface area (Å²) in [6.07, 6.45) is 1.39. The SMILES string of the molecule is CN(c1ccc(Oc2ccc(C#N)cn2)cc1)S(=O)(=O)c1ccccc1F. The van der Waals surface area contributed by atoms with Crippen molar-refractivity contribution in [3.8, 4) is 17.7 Å². The van der Waals surface area contributed by atoms with Gasteiger partial charge in [0.1, 0.15) is 22.5 Å². The minimum absolute atomic E-state index is 0.300. The molecule has 0 unspecified atom stereocenters. The lowest BCUT2D eigenvalue weighted by Gasteiger charge is -2.20. The second-order valence-corrected chi connectivity index (χ2v) is 7.43. The summed E-state index contributed by atoms with van der Waals surface area (Å²) >= 11 is 0. The van der Waals surface area contributed by atoms with Crippen LogP contribution in [-0.4, -0.2) is 20.4 Å². The first-order valence-electron chi connectivity index (χ1n) is 7.79. The molecule has 0 radical (unpaired) electrons. The summed E-state index contributed by atoms with van der Waals surface area (Å²) < 4.78 is 45.6. The van der Waals surface area contributed by atoms with Crippen molar-refractivity contribution < 1.29 is 17.5 Å². The molecule has 27 heavy (non-hydrogen) atoms. The van der Waals surface area contributed by atoms with Gasteiger partial charge in [-0.1, -0.05) is 12.1 Å². The Morgan fingerprint density at radius 3 is 2.37 bits per heavy atom. The maximum atomic E-state index is 13.9. The summed E-state index contributed by atoms with van der Waals surface area (Å²) in [6, 6.07) is 16.5. The molecule has 136 valence electrons. The molecule has 0 amide bonds. The Labute approximate surface area is 156 Å². The predicted molar refractivity (Wildman–Crippen MR) is 97.5 cm³/mol. The Kier molecular flexibility index (Phi) is 5.05. The Bertz CT molecular complexity index is 1090. The molecule has 0 N–H and O–H groups in total. The summed E-state index contributed by atoms with van der Waals surface area (Å²) in [5.74, 6) is -0.0714. The highest BCUT2D eigenvalue weighted by Crippen LogP contribution is 2.27. The molecule has 0 aliphatic rings. The van der Waals surface area contributed by atoms with Crippen molar-refractivity contribution in [3.63, 3.8) is 0 Å². The van der Waals surface area contributed by atoms with Crippen LogP contribution in [0.1, 0.15) is 5.56 Å². The molecule has 3 rings (SSSR count). The maximum Gasteiger partial charge on any atom is 0.266 e. The molecule has 0 saturated carbocycles. The normalized spacial score (nSPS) is 10.9.